The van der Waals surface area contributed by atoms with Gasteiger partial charge in [0, 0.05) is 11.4 Å². The van der Waals surface area contributed by atoms with E-state index in [2.05, 4.69) is 4.98 Å². The monoisotopic (exact) mass is 328 g/mol. The van der Waals surface area contributed by atoms with Crippen LogP contribution >= 0.6 is 24.0 Å². The predicted octanol–water partition coefficient (Wildman–Crippen LogP) is 4.15. The molecule has 5 heteroatoms. The van der Waals surface area contributed by atoms with Crippen molar-refractivity contribution in [2.24, 2.45) is 0 Å². The van der Waals surface area contributed by atoms with Crippen molar-refractivity contribution < 1.29 is 4.79 Å². The molecule has 2 heterocycles. The normalized spacial score (nSPS) is 17.3. The van der Waals surface area contributed by atoms with E-state index in [1.54, 1.807) is 4.90 Å². The van der Waals surface area contributed by atoms with Crippen LogP contribution in [-0.2, 0) is 4.79 Å². The highest BCUT2D eigenvalue weighted by Gasteiger charge is 2.33. The van der Waals surface area contributed by atoms with Crippen LogP contribution in [0.2, 0.25) is 0 Å². The molecule has 0 spiro atoms. The van der Waals surface area contributed by atoms with Crippen LogP contribution in [0, 0.1) is 6.92 Å². The Bertz CT molecular complexity index is 811. The highest BCUT2D eigenvalue weighted by molar-refractivity contribution is 8.26. The first kappa shape index (κ1) is 15.2. The lowest BCUT2D eigenvalue weighted by Gasteiger charge is -2.18. The van der Waals surface area contributed by atoms with E-state index in [1.165, 1.54) is 11.8 Å². The fourth-order valence-electron chi connectivity index (χ4n) is 2.45. The Hall–Kier alpha value is -1.72. The number of rotatable bonds is 2. The highest BCUT2D eigenvalue weighted by Crippen LogP contribution is 2.33. The molecule has 1 amide bonds. The van der Waals surface area contributed by atoms with Crippen LogP contribution in [-0.4, -0.2) is 26.2 Å². The minimum Gasteiger partial charge on any atom is -0.290 e. The number of aromatic nitrogens is 1. The van der Waals surface area contributed by atoms with E-state index in [0.29, 0.717) is 9.23 Å². The zero-order valence-electron chi connectivity index (χ0n) is 12.7. The molecule has 0 N–H and O–H groups in total. The van der Waals surface area contributed by atoms with Gasteiger partial charge in [-0.3, -0.25) is 9.69 Å². The Labute approximate surface area is 139 Å². The molecule has 0 saturated carbocycles. The second-order valence-corrected chi connectivity index (χ2v) is 7.20. The minimum atomic E-state index is -0.0309. The molecule has 112 valence electrons. The van der Waals surface area contributed by atoms with E-state index in [0.717, 1.165) is 22.2 Å². The Morgan fingerprint density at radius 2 is 2.05 bits per heavy atom. The average molecular weight is 328 g/mol. The third-order valence-corrected chi connectivity index (χ3v) is 4.89. The summed E-state index contributed by atoms with van der Waals surface area (Å²) in [5.41, 5.74) is 2.88. The van der Waals surface area contributed by atoms with E-state index in [4.69, 9.17) is 12.2 Å². The number of benzene rings is 1. The topological polar surface area (TPSA) is 33.2 Å². The molecular formula is C17H16N2OS2. The van der Waals surface area contributed by atoms with E-state index in [1.807, 2.05) is 57.2 Å². The Morgan fingerprint density at radius 1 is 1.27 bits per heavy atom. The zero-order valence-corrected chi connectivity index (χ0v) is 14.3. The molecule has 0 bridgehead atoms. The van der Waals surface area contributed by atoms with Crippen LogP contribution in [0.5, 0.6) is 0 Å². The Morgan fingerprint density at radius 3 is 2.73 bits per heavy atom. The van der Waals surface area contributed by atoms with E-state index < -0.39 is 0 Å². The van der Waals surface area contributed by atoms with Crippen LogP contribution in [0.25, 0.3) is 17.0 Å². The zero-order chi connectivity index (χ0) is 15.9. The lowest BCUT2D eigenvalue weighted by molar-refractivity contribution is -0.123. The standard InChI is InChI=1S/C17H16N2OS2/c1-10(2)19-16(20)14(22-17(19)21)9-13-8-7-12-6-4-5-11(3)15(12)18-13/h4-10H,1-3H3/b14-9-. The van der Waals surface area contributed by atoms with Crippen molar-refractivity contribution >= 4 is 51.2 Å². The molecule has 2 aromatic rings. The Balaban J connectivity index is 2.01. The van der Waals surface area contributed by atoms with Crippen molar-refractivity contribution in [1.29, 1.82) is 0 Å². The smallest absolute Gasteiger partial charge is 0.266 e. The SMILES string of the molecule is Cc1cccc2ccc(/C=C3\SC(=S)N(C(C)C)C3=O)nc12. The number of pyridine rings is 1. The van der Waals surface area contributed by atoms with Crippen LogP contribution in [0.1, 0.15) is 25.1 Å². The third kappa shape index (κ3) is 2.66. The fourth-order valence-corrected chi connectivity index (χ4v) is 3.96. The number of fused-ring (bicyclic) bond motifs is 1. The van der Waals surface area contributed by atoms with Gasteiger partial charge < -0.3 is 0 Å². The van der Waals surface area contributed by atoms with Gasteiger partial charge in [0.05, 0.1) is 16.1 Å². The molecule has 0 aliphatic carbocycles. The predicted molar refractivity (Wildman–Crippen MR) is 96.6 cm³/mol. The van der Waals surface area contributed by atoms with E-state index >= 15 is 0 Å². The van der Waals surface area contributed by atoms with Crippen LogP contribution in [0.15, 0.2) is 35.2 Å². The summed E-state index contributed by atoms with van der Waals surface area (Å²) in [5, 5.41) is 1.10. The summed E-state index contributed by atoms with van der Waals surface area (Å²) >= 11 is 6.64. The van der Waals surface area contributed by atoms with Gasteiger partial charge in [-0.05, 0) is 38.5 Å². The third-order valence-electron chi connectivity index (χ3n) is 3.56. The second kappa shape index (κ2) is 5.82. The molecule has 3 nitrogen and oxygen atoms in total. The summed E-state index contributed by atoms with van der Waals surface area (Å²) < 4.78 is 0.614. The molecule has 22 heavy (non-hydrogen) atoms. The number of carbonyl (C=O) groups excluding carboxylic acids is 1. The molecule has 0 radical (unpaired) electrons. The molecule has 3 rings (SSSR count). The van der Waals surface area contributed by atoms with Crippen molar-refractivity contribution in [3.05, 3.63) is 46.5 Å². The molecule has 1 fully saturated rings. The lowest BCUT2D eigenvalue weighted by Crippen LogP contribution is -2.34. The van der Waals surface area contributed by atoms with Crippen LogP contribution in [0.3, 0.4) is 0 Å². The van der Waals surface area contributed by atoms with Gasteiger partial charge in [0.2, 0.25) is 0 Å². The summed E-state index contributed by atoms with van der Waals surface area (Å²) in [7, 11) is 0. The fraction of sp³-hybridized carbons (Fsp3) is 0.235. The van der Waals surface area contributed by atoms with Gasteiger partial charge in [-0.1, -0.05) is 48.2 Å². The van der Waals surface area contributed by atoms with Gasteiger partial charge in [0.1, 0.15) is 4.32 Å². The van der Waals surface area contributed by atoms with Crippen molar-refractivity contribution in [3.8, 4) is 0 Å². The number of aryl methyl sites for hydroxylation is 1. The maximum Gasteiger partial charge on any atom is 0.266 e. The second-order valence-electron chi connectivity index (χ2n) is 5.53. The van der Waals surface area contributed by atoms with E-state index in [-0.39, 0.29) is 11.9 Å². The molecule has 1 aromatic carbocycles. The molecule has 1 aliphatic rings. The summed E-state index contributed by atoms with van der Waals surface area (Å²) in [6, 6.07) is 10.1. The molecule has 1 aliphatic heterocycles. The summed E-state index contributed by atoms with van der Waals surface area (Å²) in [5.74, 6) is -0.0309. The highest BCUT2D eigenvalue weighted by atomic mass is 32.2. The van der Waals surface area contributed by atoms with E-state index in [9.17, 15) is 4.79 Å². The Kier molecular flexibility index (Phi) is 4.02. The van der Waals surface area contributed by atoms with Gasteiger partial charge in [-0.15, -0.1) is 0 Å². The number of amides is 1. The maximum absolute atomic E-state index is 12.4. The lowest BCUT2D eigenvalue weighted by atomic mass is 10.1. The van der Waals surface area contributed by atoms with Crippen LogP contribution in [0.4, 0.5) is 0 Å². The summed E-state index contributed by atoms with van der Waals surface area (Å²) in [4.78, 5) is 19.4. The number of hydrogen-bond acceptors (Lipinski definition) is 4. The first-order valence-electron chi connectivity index (χ1n) is 7.11. The molecule has 0 atom stereocenters. The molecule has 1 saturated heterocycles. The maximum atomic E-state index is 12.4. The average Bonchev–Trinajstić information content (AvgIpc) is 2.74. The van der Waals surface area contributed by atoms with Crippen molar-refractivity contribution in [1.82, 2.24) is 9.88 Å². The van der Waals surface area contributed by atoms with Gasteiger partial charge in [0.25, 0.3) is 5.91 Å². The largest absolute Gasteiger partial charge is 0.290 e. The van der Waals surface area contributed by atoms with Crippen molar-refractivity contribution in [2.45, 2.75) is 26.8 Å². The molecular weight excluding hydrogens is 312 g/mol. The quantitative estimate of drug-likeness (QED) is 0.612. The van der Waals surface area contributed by atoms with Gasteiger partial charge in [0.15, 0.2) is 0 Å². The first-order valence-corrected chi connectivity index (χ1v) is 8.33. The molecule has 1 aromatic heterocycles. The number of carbonyl (C=O) groups is 1. The van der Waals surface area contributed by atoms with Gasteiger partial charge in [-0.25, -0.2) is 4.98 Å². The van der Waals surface area contributed by atoms with Gasteiger partial charge in [-0.2, -0.15) is 0 Å². The summed E-state index contributed by atoms with van der Waals surface area (Å²) in [6.07, 6.45) is 1.83. The van der Waals surface area contributed by atoms with Crippen LogP contribution < -0.4 is 0 Å². The number of para-hydroxylation sites is 1. The molecule has 0 unspecified atom stereocenters. The number of thiocarbonyl (C=S) groups is 1. The number of hydrogen-bond donors (Lipinski definition) is 0. The van der Waals surface area contributed by atoms with Gasteiger partial charge >= 0.3 is 0 Å². The first-order chi connectivity index (χ1) is 10.5. The van der Waals surface area contributed by atoms with Crippen molar-refractivity contribution in [3.63, 3.8) is 0 Å². The van der Waals surface area contributed by atoms with Crippen molar-refractivity contribution in [2.75, 3.05) is 0 Å². The summed E-state index contributed by atoms with van der Waals surface area (Å²) in [6.45, 7) is 5.97. The minimum absolute atomic E-state index is 0.0309. The number of nitrogens with zero attached hydrogens (tertiary/aromatic N) is 2. The number of thioether (sulfide) groups is 1.